The van der Waals surface area contributed by atoms with Crippen molar-refractivity contribution >= 4 is 39.2 Å². The predicted octanol–water partition coefficient (Wildman–Crippen LogP) is 14.0. The van der Waals surface area contributed by atoms with Crippen LogP contribution in [0.15, 0.2) is 218 Å². The number of nitrogens with zero attached hydrogens (tertiary/aromatic N) is 2. The summed E-state index contributed by atoms with van der Waals surface area (Å²) in [5, 5.41) is 2.52. The Hall–Kier alpha value is -6.90. The summed E-state index contributed by atoms with van der Waals surface area (Å²) in [6.07, 6.45) is 9.06. The molecule has 256 valence electrons. The van der Waals surface area contributed by atoms with Crippen LogP contribution in [0, 0.1) is 0 Å². The lowest BCUT2D eigenvalue weighted by Gasteiger charge is -2.28. The van der Waals surface area contributed by atoms with Crippen LogP contribution in [-0.2, 0) is 0 Å². The van der Waals surface area contributed by atoms with Crippen molar-refractivity contribution in [3.63, 3.8) is 0 Å². The third-order valence-corrected chi connectivity index (χ3v) is 11.0. The van der Waals surface area contributed by atoms with E-state index in [2.05, 4.69) is 228 Å². The second kappa shape index (κ2) is 13.6. The van der Waals surface area contributed by atoms with Crippen LogP contribution < -0.4 is 9.80 Å². The van der Waals surface area contributed by atoms with Gasteiger partial charge in [0, 0.05) is 34.4 Å². The van der Waals surface area contributed by atoms with Crippen LogP contribution in [0.5, 0.6) is 0 Å². The highest BCUT2D eigenvalue weighted by Crippen LogP contribution is 2.49. The minimum Gasteiger partial charge on any atom is -0.333 e. The number of fused-ring (bicyclic) bond motifs is 4. The Labute approximate surface area is 317 Å². The van der Waals surface area contributed by atoms with Crippen molar-refractivity contribution in [2.24, 2.45) is 0 Å². The Balaban J connectivity index is 1.01. The predicted molar refractivity (Wildman–Crippen MR) is 228 cm³/mol. The number of allylic oxidation sites excluding steroid dienone is 2. The molecule has 0 saturated heterocycles. The lowest BCUT2D eigenvalue weighted by atomic mass is 9.89. The summed E-state index contributed by atoms with van der Waals surface area (Å²) >= 11 is 0. The lowest BCUT2D eigenvalue weighted by Crippen LogP contribution is -2.28. The lowest BCUT2D eigenvalue weighted by molar-refractivity contribution is 0.745. The number of rotatable bonds is 7. The van der Waals surface area contributed by atoms with E-state index in [1.54, 1.807) is 0 Å². The minimum atomic E-state index is 0.277. The van der Waals surface area contributed by atoms with Gasteiger partial charge in [-0.2, -0.15) is 0 Å². The van der Waals surface area contributed by atoms with Crippen LogP contribution in [-0.4, -0.2) is 6.04 Å². The van der Waals surface area contributed by atoms with Gasteiger partial charge in [-0.3, -0.25) is 0 Å². The zero-order valence-electron chi connectivity index (χ0n) is 29.8. The van der Waals surface area contributed by atoms with Crippen molar-refractivity contribution in [3.8, 4) is 33.4 Å². The molecule has 0 saturated carbocycles. The van der Waals surface area contributed by atoms with Crippen LogP contribution in [0.3, 0.4) is 0 Å². The Morgan fingerprint density at radius 3 is 1.65 bits per heavy atom. The molecule has 0 N–H and O–H groups in total. The molecule has 0 bridgehead atoms. The second-order valence-corrected chi connectivity index (χ2v) is 14.1. The number of hydrogen-bond acceptors (Lipinski definition) is 2. The van der Waals surface area contributed by atoms with Gasteiger partial charge in [0.15, 0.2) is 0 Å². The smallest absolute Gasteiger partial charge is 0.0629 e. The molecule has 0 fully saturated rings. The highest BCUT2D eigenvalue weighted by Gasteiger charge is 2.37. The standard InChI is InChI=1S/C52H38N2/c1-3-12-37(13-4-1)38-22-29-44(30-23-38)53(46-33-26-41(27-34-46)48-20-11-15-40-14-7-8-18-47(40)48)45-31-24-39(25-32-45)42-28-35-52-50(36-42)49-19-9-10-21-51(49)54(52)43-16-5-2-6-17-43/h1-36,49,51H. The maximum atomic E-state index is 2.49. The molecule has 0 amide bonds. The first-order valence-electron chi connectivity index (χ1n) is 18.8. The molecule has 10 rings (SSSR count). The molecular formula is C52H38N2. The molecule has 0 spiro atoms. The average Bonchev–Trinajstić information content (AvgIpc) is 3.59. The summed E-state index contributed by atoms with van der Waals surface area (Å²) in [6, 6.07) is 70.7. The maximum Gasteiger partial charge on any atom is 0.0629 e. The van der Waals surface area contributed by atoms with Crippen LogP contribution in [0.4, 0.5) is 28.4 Å². The van der Waals surface area contributed by atoms with Gasteiger partial charge in [0.1, 0.15) is 0 Å². The third kappa shape index (κ3) is 5.70. The van der Waals surface area contributed by atoms with E-state index in [0.29, 0.717) is 5.92 Å². The molecule has 2 heteroatoms. The topological polar surface area (TPSA) is 6.48 Å². The molecule has 0 aromatic heterocycles. The summed E-state index contributed by atoms with van der Waals surface area (Å²) in [5.41, 5.74) is 14.5. The molecule has 1 heterocycles. The fraction of sp³-hybridized carbons (Fsp3) is 0.0385. The molecule has 8 aromatic carbocycles. The first-order valence-corrected chi connectivity index (χ1v) is 18.8. The maximum absolute atomic E-state index is 2.49. The zero-order chi connectivity index (χ0) is 35.8. The van der Waals surface area contributed by atoms with E-state index in [1.165, 1.54) is 61.1 Å². The number of benzene rings is 8. The third-order valence-electron chi connectivity index (χ3n) is 11.0. The monoisotopic (exact) mass is 690 g/mol. The Bertz CT molecular complexity index is 2630. The highest BCUT2D eigenvalue weighted by atomic mass is 15.2. The molecule has 8 aromatic rings. The Morgan fingerprint density at radius 2 is 0.944 bits per heavy atom. The van der Waals surface area contributed by atoms with Crippen molar-refractivity contribution in [2.45, 2.75) is 12.0 Å². The van der Waals surface area contributed by atoms with Gasteiger partial charge in [0.05, 0.1) is 6.04 Å². The van der Waals surface area contributed by atoms with E-state index >= 15 is 0 Å². The summed E-state index contributed by atoms with van der Waals surface area (Å²) in [7, 11) is 0. The summed E-state index contributed by atoms with van der Waals surface area (Å²) in [4.78, 5) is 4.84. The van der Waals surface area contributed by atoms with E-state index in [9.17, 15) is 0 Å². The first kappa shape index (κ1) is 31.8. The van der Waals surface area contributed by atoms with Gasteiger partial charge in [-0.05, 0) is 110 Å². The van der Waals surface area contributed by atoms with E-state index in [4.69, 9.17) is 0 Å². The van der Waals surface area contributed by atoms with Crippen molar-refractivity contribution in [3.05, 3.63) is 224 Å². The fourth-order valence-electron chi connectivity index (χ4n) is 8.36. The van der Waals surface area contributed by atoms with E-state index in [1.807, 2.05) is 0 Å². The van der Waals surface area contributed by atoms with Crippen molar-refractivity contribution in [2.75, 3.05) is 9.80 Å². The minimum absolute atomic E-state index is 0.277. The molecule has 2 unspecified atom stereocenters. The number of para-hydroxylation sites is 1. The van der Waals surface area contributed by atoms with Gasteiger partial charge in [0.2, 0.25) is 0 Å². The normalized spacial score (nSPS) is 15.6. The van der Waals surface area contributed by atoms with E-state index in [0.717, 1.165) is 17.1 Å². The van der Waals surface area contributed by atoms with Crippen molar-refractivity contribution in [1.82, 2.24) is 0 Å². The van der Waals surface area contributed by atoms with Crippen LogP contribution in [0.2, 0.25) is 0 Å². The van der Waals surface area contributed by atoms with Gasteiger partial charge in [-0.25, -0.2) is 0 Å². The summed E-state index contributed by atoms with van der Waals surface area (Å²) in [5.74, 6) is 0.315. The van der Waals surface area contributed by atoms with Crippen molar-refractivity contribution in [1.29, 1.82) is 0 Å². The quantitative estimate of drug-likeness (QED) is 0.164. The zero-order valence-corrected chi connectivity index (χ0v) is 29.8. The molecule has 0 radical (unpaired) electrons. The van der Waals surface area contributed by atoms with Crippen LogP contribution >= 0.6 is 0 Å². The summed E-state index contributed by atoms with van der Waals surface area (Å²) in [6.45, 7) is 0. The van der Waals surface area contributed by atoms with E-state index in [-0.39, 0.29) is 6.04 Å². The molecule has 2 nitrogen and oxygen atoms in total. The molecule has 1 aliphatic heterocycles. The van der Waals surface area contributed by atoms with Gasteiger partial charge < -0.3 is 9.80 Å². The van der Waals surface area contributed by atoms with Gasteiger partial charge in [-0.15, -0.1) is 0 Å². The molecule has 2 atom stereocenters. The molecule has 2 aliphatic rings. The summed E-state index contributed by atoms with van der Waals surface area (Å²) < 4.78 is 0. The van der Waals surface area contributed by atoms with Gasteiger partial charge >= 0.3 is 0 Å². The SMILES string of the molecule is C1=CC2c3cc(-c4ccc(N(c5ccc(-c6ccccc6)cc5)c5ccc(-c6cccc7ccccc67)cc5)cc4)ccc3N(c3ccccc3)C2C=C1. The fourth-order valence-corrected chi connectivity index (χ4v) is 8.36. The van der Waals surface area contributed by atoms with Gasteiger partial charge in [0.25, 0.3) is 0 Å². The van der Waals surface area contributed by atoms with E-state index < -0.39 is 0 Å². The second-order valence-electron chi connectivity index (χ2n) is 14.1. The highest BCUT2D eigenvalue weighted by molar-refractivity contribution is 5.97. The van der Waals surface area contributed by atoms with Crippen molar-refractivity contribution < 1.29 is 0 Å². The van der Waals surface area contributed by atoms with Crippen LogP contribution in [0.25, 0.3) is 44.2 Å². The molecule has 1 aliphatic carbocycles. The Morgan fingerprint density at radius 1 is 0.407 bits per heavy atom. The number of hydrogen-bond donors (Lipinski definition) is 0. The Kier molecular flexibility index (Phi) is 8.00. The number of anilines is 5. The van der Waals surface area contributed by atoms with Crippen LogP contribution in [0.1, 0.15) is 11.5 Å². The molecule has 54 heavy (non-hydrogen) atoms. The molecular weight excluding hydrogens is 653 g/mol. The average molecular weight is 691 g/mol. The first-order chi connectivity index (χ1) is 26.8. The van der Waals surface area contributed by atoms with Gasteiger partial charge in [-0.1, -0.05) is 158 Å². The largest absolute Gasteiger partial charge is 0.333 e.